The van der Waals surface area contributed by atoms with Crippen LogP contribution < -0.4 is 5.32 Å². The molecule has 1 heterocycles. The Labute approximate surface area is 125 Å². The Balaban J connectivity index is 2.60. The fourth-order valence-corrected chi connectivity index (χ4v) is 2.41. The van der Waals surface area contributed by atoms with Crippen molar-refractivity contribution < 1.29 is 0 Å². The van der Waals surface area contributed by atoms with Gasteiger partial charge in [0, 0.05) is 24.7 Å². The van der Waals surface area contributed by atoms with Gasteiger partial charge in [-0.05, 0) is 44.7 Å². The molecule has 3 heteroatoms. The molecule has 0 aliphatic heterocycles. The number of nitrogens with zero attached hydrogens (tertiary/aromatic N) is 2. The zero-order valence-electron chi connectivity index (χ0n) is 14.0. The van der Waals surface area contributed by atoms with Gasteiger partial charge in [0.1, 0.15) is 0 Å². The van der Waals surface area contributed by atoms with Gasteiger partial charge < -0.3 is 5.32 Å². The Kier molecular flexibility index (Phi) is 7.90. The molecule has 0 fully saturated rings. The Morgan fingerprint density at radius 1 is 1.20 bits per heavy atom. The van der Waals surface area contributed by atoms with E-state index in [-0.39, 0.29) is 0 Å². The van der Waals surface area contributed by atoms with Gasteiger partial charge in [-0.25, -0.2) is 0 Å². The van der Waals surface area contributed by atoms with Crippen molar-refractivity contribution in [3.63, 3.8) is 0 Å². The summed E-state index contributed by atoms with van der Waals surface area (Å²) >= 11 is 0. The van der Waals surface area contributed by atoms with Crippen LogP contribution in [0.25, 0.3) is 0 Å². The highest BCUT2D eigenvalue weighted by molar-refractivity contribution is 5.02. The molecule has 0 aliphatic rings. The molecule has 0 spiro atoms. The topological polar surface area (TPSA) is 29.9 Å². The van der Waals surface area contributed by atoms with Crippen LogP contribution in [-0.2, 0) is 6.42 Å². The van der Waals surface area contributed by atoms with Gasteiger partial charge in [-0.3, -0.25) is 4.68 Å². The van der Waals surface area contributed by atoms with Crippen LogP contribution in [0.5, 0.6) is 0 Å². The quantitative estimate of drug-likeness (QED) is 0.695. The van der Waals surface area contributed by atoms with Gasteiger partial charge in [0.15, 0.2) is 0 Å². The lowest BCUT2D eigenvalue weighted by molar-refractivity contribution is 0.386. The Hall–Kier alpha value is -0.830. The third-order valence-electron chi connectivity index (χ3n) is 4.23. The summed E-state index contributed by atoms with van der Waals surface area (Å²) in [6.45, 7) is 12.4. The van der Waals surface area contributed by atoms with Crippen LogP contribution in [0.4, 0.5) is 0 Å². The molecule has 3 unspecified atom stereocenters. The van der Waals surface area contributed by atoms with Gasteiger partial charge in [0.25, 0.3) is 0 Å². The number of rotatable bonds is 10. The van der Waals surface area contributed by atoms with Crippen molar-refractivity contribution in [2.45, 2.75) is 78.8 Å². The van der Waals surface area contributed by atoms with E-state index >= 15 is 0 Å². The monoisotopic (exact) mass is 279 g/mol. The SMILES string of the molecule is CCCNC(Cc1ccn(C(C)CC)n1)CC(C)CC. The molecule has 1 aromatic heterocycles. The molecule has 0 saturated carbocycles. The summed E-state index contributed by atoms with van der Waals surface area (Å²) in [5.74, 6) is 0.779. The molecule has 1 N–H and O–H groups in total. The van der Waals surface area contributed by atoms with E-state index in [0.29, 0.717) is 12.1 Å². The standard InChI is InChI=1S/C17H33N3/c1-6-10-18-17(12-14(4)7-2)13-16-9-11-20(19-16)15(5)8-3/h9,11,14-15,17-18H,6-8,10,12-13H2,1-5H3. The van der Waals surface area contributed by atoms with Crippen LogP contribution in [0.2, 0.25) is 0 Å². The van der Waals surface area contributed by atoms with Gasteiger partial charge in [0.2, 0.25) is 0 Å². The molecule has 0 amide bonds. The normalized spacial score (nSPS) is 16.1. The smallest absolute Gasteiger partial charge is 0.0640 e. The third-order valence-corrected chi connectivity index (χ3v) is 4.23. The molecule has 0 saturated heterocycles. The minimum absolute atomic E-state index is 0.500. The summed E-state index contributed by atoms with van der Waals surface area (Å²) in [7, 11) is 0. The van der Waals surface area contributed by atoms with E-state index in [0.717, 1.165) is 25.3 Å². The lowest BCUT2D eigenvalue weighted by atomic mass is 9.96. The van der Waals surface area contributed by atoms with Crippen LogP contribution in [-0.4, -0.2) is 22.4 Å². The van der Waals surface area contributed by atoms with Crippen molar-refractivity contribution in [1.82, 2.24) is 15.1 Å². The highest BCUT2D eigenvalue weighted by Gasteiger charge is 2.14. The fraction of sp³-hybridized carbons (Fsp3) is 0.824. The first-order valence-electron chi connectivity index (χ1n) is 8.38. The Bertz CT molecular complexity index is 359. The third kappa shape index (κ3) is 5.66. The summed E-state index contributed by atoms with van der Waals surface area (Å²) in [5.41, 5.74) is 1.22. The second-order valence-corrected chi connectivity index (χ2v) is 6.15. The fourth-order valence-electron chi connectivity index (χ4n) is 2.41. The van der Waals surface area contributed by atoms with Crippen molar-refractivity contribution >= 4 is 0 Å². The largest absolute Gasteiger partial charge is 0.314 e. The molecular weight excluding hydrogens is 246 g/mol. The van der Waals surface area contributed by atoms with Crippen molar-refractivity contribution in [3.05, 3.63) is 18.0 Å². The van der Waals surface area contributed by atoms with Crippen molar-refractivity contribution in [3.8, 4) is 0 Å². The molecule has 0 radical (unpaired) electrons. The van der Waals surface area contributed by atoms with Crippen LogP contribution in [0, 0.1) is 5.92 Å². The highest BCUT2D eigenvalue weighted by Crippen LogP contribution is 2.15. The highest BCUT2D eigenvalue weighted by atomic mass is 15.3. The molecule has 0 aromatic carbocycles. The predicted molar refractivity (Wildman–Crippen MR) is 87.1 cm³/mol. The lowest BCUT2D eigenvalue weighted by Crippen LogP contribution is -2.33. The Morgan fingerprint density at radius 2 is 1.95 bits per heavy atom. The van der Waals surface area contributed by atoms with Crippen LogP contribution in [0.1, 0.15) is 72.0 Å². The molecule has 0 bridgehead atoms. The molecule has 1 aromatic rings. The zero-order chi connectivity index (χ0) is 15.0. The van der Waals surface area contributed by atoms with E-state index in [4.69, 9.17) is 5.10 Å². The van der Waals surface area contributed by atoms with E-state index < -0.39 is 0 Å². The molecule has 3 atom stereocenters. The summed E-state index contributed by atoms with van der Waals surface area (Å²) in [6.07, 6.45) is 8.00. The maximum Gasteiger partial charge on any atom is 0.0640 e. The summed E-state index contributed by atoms with van der Waals surface area (Å²) in [4.78, 5) is 0. The predicted octanol–water partition coefficient (Wildman–Crippen LogP) is 4.20. The maximum absolute atomic E-state index is 4.74. The average molecular weight is 279 g/mol. The molecule has 0 aliphatic carbocycles. The van der Waals surface area contributed by atoms with Crippen LogP contribution >= 0.6 is 0 Å². The molecule has 3 nitrogen and oxygen atoms in total. The van der Waals surface area contributed by atoms with Crippen LogP contribution in [0.3, 0.4) is 0 Å². The zero-order valence-corrected chi connectivity index (χ0v) is 14.0. The minimum atomic E-state index is 0.500. The van der Waals surface area contributed by atoms with E-state index in [1.807, 2.05) is 0 Å². The maximum atomic E-state index is 4.74. The van der Waals surface area contributed by atoms with E-state index in [1.54, 1.807) is 0 Å². The molecule has 116 valence electrons. The van der Waals surface area contributed by atoms with Gasteiger partial charge in [0.05, 0.1) is 5.69 Å². The number of aromatic nitrogens is 2. The summed E-state index contributed by atoms with van der Waals surface area (Å²) < 4.78 is 2.11. The number of nitrogens with one attached hydrogen (secondary N) is 1. The molecule has 1 rings (SSSR count). The summed E-state index contributed by atoms with van der Waals surface area (Å²) in [6, 6.07) is 3.24. The van der Waals surface area contributed by atoms with Gasteiger partial charge in [-0.1, -0.05) is 34.1 Å². The van der Waals surface area contributed by atoms with E-state index in [9.17, 15) is 0 Å². The van der Waals surface area contributed by atoms with Gasteiger partial charge in [-0.15, -0.1) is 0 Å². The molecule has 20 heavy (non-hydrogen) atoms. The van der Waals surface area contributed by atoms with Gasteiger partial charge >= 0.3 is 0 Å². The van der Waals surface area contributed by atoms with E-state index in [1.165, 1.54) is 25.0 Å². The number of hydrogen-bond donors (Lipinski definition) is 1. The average Bonchev–Trinajstić information content (AvgIpc) is 2.92. The second kappa shape index (κ2) is 9.17. The van der Waals surface area contributed by atoms with Crippen molar-refractivity contribution in [1.29, 1.82) is 0 Å². The lowest BCUT2D eigenvalue weighted by Gasteiger charge is -2.21. The first-order valence-corrected chi connectivity index (χ1v) is 8.38. The minimum Gasteiger partial charge on any atom is -0.314 e. The number of hydrogen-bond acceptors (Lipinski definition) is 2. The second-order valence-electron chi connectivity index (χ2n) is 6.15. The first-order chi connectivity index (χ1) is 9.60. The van der Waals surface area contributed by atoms with Crippen molar-refractivity contribution in [2.75, 3.05) is 6.54 Å². The first kappa shape index (κ1) is 17.2. The van der Waals surface area contributed by atoms with Crippen molar-refractivity contribution in [2.24, 2.45) is 5.92 Å². The van der Waals surface area contributed by atoms with Gasteiger partial charge in [-0.2, -0.15) is 5.10 Å². The Morgan fingerprint density at radius 3 is 2.55 bits per heavy atom. The van der Waals surface area contributed by atoms with E-state index in [2.05, 4.69) is 56.9 Å². The summed E-state index contributed by atoms with van der Waals surface area (Å²) in [5, 5.41) is 8.43. The van der Waals surface area contributed by atoms with Crippen LogP contribution in [0.15, 0.2) is 12.3 Å². The molecular formula is C17H33N3.